The molecular weight excluding hydrogens is 322 g/mol. The van der Waals surface area contributed by atoms with Crippen LogP contribution in [0.15, 0.2) is 46.9 Å². The molecule has 2 aromatic carbocycles. The van der Waals surface area contributed by atoms with Gasteiger partial charge in [0.2, 0.25) is 5.89 Å². The van der Waals surface area contributed by atoms with Crippen molar-refractivity contribution in [3.05, 3.63) is 53.9 Å². The Labute approximate surface area is 144 Å². The number of rotatable bonds is 6. The first-order valence-electron chi connectivity index (χ1n) is 7.61. The van der Waals surface area contributed by atoms with E-state index in [0.29, 0.717) is 33.7 Å². The molecule has 0 aliphatic rings. The third kappa shape index (κ3) is 3.47. The van der Waals surface area contributed by atoms with Crippen molar-refractivity contribution >= 4 is 28.7 Å². The van der Waals surface area contributed by atoms with Gasteiger partial charge in [-0.3, -0.25) is 4.79 Å². The van der Waals surface area contributed by atoms with E-state index in [1.165, 1.54) is 7.11 Å². The Hall–Kier alpha value is -3.28. The van der Waals surface area contributed by atoms with Crippen molar-refractivity contribution in [1.82, 2.24) is 4.98 Å². The zero-order chi connectivity index (χ0) is 17.8. The number of aliphatic carboxylic acids is 1. The molecule has 0 amide bonds. The summed E-state index contributed by atoms with van der Waals surface area (Å²) in [6.45, 7) is 0. The number of carbonyl (C=O) groups is 1. The van der Waals surface area contributed by atoms with E-state index >= 15 is 0 Å². The fraction of sp³-hybridized carbons (Fsp3) is 0.158. The summed E-state index contributed by atoms with van der Waals surface area (Å²) in [5.41, 5.74) is 2.40. The quantitative estimate of drug-likeness (QED) is 0.734. The number of methoxy groups -OCH3 is 2. The van der Waals surface area contributed by atoms with Crippen LogP contribution in [0.5, 0.6) is 11.5 Å². The van der Waals surface area contributed by atoms with Gasteiger partial charge in [-0.1, -0.05) is 24.3 Å². The molecule has 1 aromatic heterocycles. The van der Waals surface area contributed by atoms with Crippen LogP contribution in [0, 0.1) is 0 Å². The van der Waals surface area contributed by atoms with Crippen LogP contribution in [0.2, 0.25) is 0 Å². The minimum Gasteiger partial charge on any atom is -0.493 e. The number of hydrogen-bond acceptors (Lipinski definition) is 5. The van der Waals surface area contributed by atoms with E-state index in [-0.39, 0.29) is 12.3 Å². The second-order valence-electron chi connectivity index (χ2n) is 5.31. The van der Waals surface area contributed by atoms with Crippen molar-refractivity contribution < 1.29 is 23.8 Å². The van der Waals surface area contributed by atoms with Crippen molar-refractivity contribution in [1.29, 1.82) is 0 Å². The fourth-order valence-corrected chi connectivity index (χ4v) is 2.57. The molecular formula is C19H17NO5. The molecule has 0 unspecified atom stereocenters. The van der Waals surface area contributed by atoms with Crippen molar-refractivity contribution in [2.24, 2.45) is 0 Å². The minimum absolute atomic E-state index is 0.229. The highest BCUT2D eigenvalue weighted by Gasteiger charge is 2.16. The number of nitrogens with zero attached hydrogens (tertiary/aromatic N) is 1. The predicted octanol–water partition coefficient (Wildman–Crippen LogP) is 3.86. The molecule has 1 heterocycles. The highest BCUT2D eigenvalue weighted by molar-refractivity contribution is 5.92. The number of aromatic nitrogens is 1. The van der Waals surface area contributed by atoms with Crippen LogP contribution in [-0.2, 0) is 4.79 Å². The second kappa shape index (κ2) is 7.09. The normalized spacial score (nSPS) is 11.5. The van der Waals surface area contributed by atoms with Gasteiger partial charge in [0.25, 0.3) is 0 Å². The summed E-state index contributed by atoms with van der Waals surface area (Å²) in [6, 6.07) is 12.7. The molecule has 1 N–H and O–H groups in total. The monoisotopic (exact) mass is 339 g/mol. The van der Waals surface area contributed by atoms with Crippen molar-refractivity contribution in [2.75, 3.05) is 14.2 Å². The molecule has 0 saturated carbocycles. The first-order valence-corrected chi connectivity index (χ1v) is 7.61. The summed E-state index contributed by atoms with van der Waals surface area (Å²) in [5.74, 6) is 0.372. The van der Waals surface area contributed by atoms with E-state index in [0.717, 1.165) is 0 Å². The zero-order valence-corrected chi connectivity index (χ0v) is 13.9. The predicted molar refractivity (Wildman–Crippen MR) is 93.7 cm³/mol. The van der Waals surface area contributed by atoms with Gasteiger partial charge in [-0.15, -0.1) is 0 Å². The Kier molecular flexibility index (Phi) is 4.70. The Balaban J connectivity index is 2.13. The van der Waals surface area contributed by atoms with E-state index in [9.17, 15) is 9.90 Å². The zero-order valence-electron chi connectivity index (χ0n) is 13.9. The number of benzene rings is 2. The largest absolute Gasteiger partial charge is 0.493 e. The third-order valence-corrected chi connectivity index (χ3v) is 3.67. The molecule has 0 fully saturated rings. The Morgan fingerprint density at radius 2 is 1.96 bits per heavy atom. The van der Waals surface area contributed by atoms with E-state index in [4.69, 9.17) is 13.9 Å². The maximum absolute atomic E-state index is 11.3. The van der Waals surface area contributed by atoms with Crippen LogP contribution in [0.25, 0.3) is 22.7 Å². The number of hydrogen-bond donors (Lipinski definition) is 1. The number of carboxylic acids is 1. The van der Waals surface area contributed by atoms with Gasteiger partial charge in [-0.25, -0.2) is 4.98 Å². The molecule has 0 bridgehead atoms. The molecule has 3 rings (SSSR count). The van der Waals surface area contributed by atoms with Gasteiger partial charge < -0.3 is 19.0 Å². The average molecular weight is 339 g/mol. The molecule has 25 heavy (non-hydrogen) atoms. The molecule has 0 radical (unpaired) electrons. The average Bonchev–Trinajstić information content (AvgIpc) is 3.04. The Bertz CT molecular complexity index is 909. The summed E-state index contributed by atoms with van der Waals surface area (Å²) in [6.07, 6.45) is 1.47. The summed E-state index contributed by atoms with van der Waals surface area (Å²) in [7, 11) is 3.08. The van der Waals surface area contributed by atoms with Gasteiger partial charge in [-0.2, -0.15) is 0 Å². The smallest absolute Gasteiger partial charge is 0.308 e. The number of fused-ring (bicyclic) bond motifs is 1. The molecule has 0 aliphatic carbocycles. The maximum Gasteiger partial charge on any atom is 0.308 e. The summed E-state index contributed by atoms with van der Waals surface area (Å²) < 4.78 is 16.4. The molecule has 6 nitrogen and oxygen atoms in total. The van der Waals surface area contributed by atoms with Crippen molar-refractivity contribution in [3.63, 3.8) is 0 Å². The fourth-order valence-electron chi connectivity index (χ4n) is 2.57. The van der Waals surface area contributed by atoms with Gasteiger partial charge in [0, 0.05) is 11.1 Å². The lowest BCUT2D eigenvalue weighted by Crippen LogP contribution is -1.98. The first-order chi connectivity index (χ1) is 12.1. The van der Waals surface area contributed by atoms with Crippen LogP contribution >= 0.6 is 0 Å². The first kappa shape index (κ1) is 16.6. The van der Waals surface area contributed by atoms with E-state index in [2.05, 4.69) is 4.98 Å². The lowest BCUT2D eigenvalue weighted by molar-refractivity contribution is -0.135. The third-order valence-electron chi connectivity index (χ3n) is 3.67. The van der Waals surface area contributed by atoms with Crippen LogP contribution in [0.4, 0.5) is 0 Å². The highest BCUT2D eigenvalue weighted by atomic mass is 16.5. The molecule has 6 heteroatoms. The van der Waals surface area contributed by atoms with Gasteiger partial charge in [-0.05, 0) is 24.3 Å². The summed E-state index contributed by atoms with van der Waals surface area (Å²) in [5, 5.41) is 9.26. The Morgan fingerprint density at radius 1 is 1.16 bits per heavy atom. The van der Waals surface area contributed by atoms with Crippen LogP contribution in [0.3, 0.4) is 0 Å². The van der Waals surface area contributed by atoms with E-state index in [1.54, 1.807) is 31.4 Å². The van der Waals surface area contributed by atoms with Crippen molar-refractivity contribution in [3.8, 4) is 11.5 Å². The van der Waals surface area contributed by atoms with Gasteiger partial charge >= 0.3 is 5.97 Å². The molecule has 0 spiro atoms. The van der Waals surface area contributed by atoms with Gasteiger partial charge in [0.15, 0.2) is 17.1 Å². The minimum atomic E-state index is -0.977. The lowest BCUT2D eigenvalue weighted by atomic mass is 10.1. The number of oxazole rings is 1. The van der Waals surface area contributed by atoms with Gasteiger partial charge in [0.1, 0.15) is 5.52 Å². The van der Waals surface area contributed by atoms with E-state index < -0.39 is 5.97 Å². The molecule has 3 aromatic rings. The Morgan fingerprint density at radius 3 is 2.64 bits per heavy atom. The van der Waals surface area contributed by atoms with Crippen LogP contribution < -0.4 is 9.47 Å². The number of para-hydroxylation sites is 3. The number of ether oxygens (including phenoxy) is 2. The van der Waals surface area contributed by atoms with Gasteiger partial charge in [0.05, 0.1) is 20.6 Å². The van der Waals surface area contributed by atoms with Crippen molar-refractivity contribution in [2.45, 2.75) is 6.42 Å². The standard InChI is InChI=1S/C19H17NO5/c1-23-16-9-5-6-12(18(16)24-2)10-13(11-17(21)22)19-20-14-7-3-4-8-15(14)25-19/h3-10H,11H2,1-2H3,(H,21,22)/b13-10+. The SMILES string of the molecule is COc1cccc(/C=C(\CC(=O)O)c2nc3ccccc3o2)c1OC. The lowest BCUT2D eigenvalue weighted by Gasteiger charge is -2.10. The highest BCUT2D eigenvalue weighted by Crippen LogP contribution is 2.34. The second-order valence-corrected chi connectivity index (χ2v) is 5.31. The molecule has 0 aliphatic heterocycles. The number of carboxylic acid groups (broad SMARTS) is 1. The summed E-state index contributed by atoms with van der Waals surface area (Å²) in [4.78, 5) is 15.7. The molecule has 0 saturated heterocycles. The van der Waals surface area contributed by atoms with E-state index in [1.807, 2.05) is 24.3 Å². The maximum atomic E-state index is 11.3. The summed E-state index contributed by atoms with van der Waals surface area (Å²) >= 11 is 0. The molecule has 128 valence electrons. The van der Waals surface area contributed by atoms with Crippen LogP contribution in [-0.4, -0.2) is 30.3 Å². The van der Waals surface area contributed by atoms with Crippen LogP contribution in [0.1, 0.15) is 17.9 Å². The molecule has 0 atom stereocenters. The topological polar surface area (TPSA) is 81.8 Å².